The van der Waals surface area contributed by atoms with Gasteiger partial charge in [-0.3, -0.25) is 14.6 Å². The van der Waals surface area contributed by atoms with E-state index in [1.165, 1.54) is 13.2 Å². The first kappa shape index (κ1) is 20.5. The number of nitrogens with two attached hydrogens (primary N) is 1. The highest BCUT2D eigenvalue weighted by molar-refractivity contribution is 6.33. The predicted molar refractivity (Wildman–Crippen MR) is 112 cm³/mol. The Balaban J connectivity index is 2.07. The summed E-state index contributed by atoms with van der Waals surface area (Å²) in [6, 6.07) is 8.46. The molecule has 0 bridgehead atoms. The standard InChI is InChI=1S/C21H21ClN4O3/c1-21(2,20(23)28)9-12-4-5-16(22)15(6-12)19-25-17(8-18(27)26-19)13-7-14(29-3)11-24-10-13/h4-8,10-11H,9H2,1-3H3,(H2,23,28)(H,25,26,27). The van der Waals surface area contributed by atoms with E-state index < -0.39 is 11.3 Å². The number of pyridine rings is 1. The number of benzene rings is 1. The fourth-order valence-electron chi connectivity index (χ4n) is 2.86. The maximum atomic E-state index is 12.3. The summed E-state index contributed by atoms with van der Waals surface area (Å²) in [5.74, 6) is 0.479. The number of hydrogen-bond acceptors (Lipinski definition) is 5. The van der Waals surface area contributed by atoms with Crippen molar-refractivity contribution in [2.45, 2.75) is 20.3 Å². The topological polar surface area (TPSA) is 111 Å². The average molecular weight is 413 g/mol. The monoisotopic (exact) mass is 412 g/mol. The molecule has 1 aromatic carbocycles. The van der Waals surface area contributed by atoms with Gasteiger partial charge in [0.15, 0.2) is 0 Å². The molecular formula is C21H21ClN4O3. The second-order valence-electron chi connectivity index (χ2n) is 7.33. The number of ether oxygens (including phenoxy) is 1. The number of carbonyl (C=O) groups is 1. The normalized spacial score (nSPS) is 11.3. The molecular weight excluding hydrogens is 392 g/mol. The molecule has 7 nitrogen and oxygen atoms in total. The van der Waals surface area contributed by atoms with Crippen molar-refractivity contribution in [1.82, 2.24) is 15.0 Å². The van der Waals surface area contributed by atoms with Crippen molar-refractivity contribution in [3.63, 3.8) is 0 Å². The fraction of sp³-hybridized carbons (Fsp3) is 0.238. The van der Waals surface area contributed by atoms with E-state index >= 15 is 0 Å². The minimum atomic E-state index is -0.722. The van der Waals surface area contributed by atoms with E-state index in [0.29, 0.717) is 39.8 Å². The van der Waals surface area contributed by atoms with Crippen LogP contribution in [0.3, 0.4) is 0 Å². The van der Waals surface area contributed by atoms with Crippen LogP contribution in [0.25, 0.3) is 22.6 Å². The Labute approximate surface area is 172 Å². The Morgan fingerprint density at radius 1 is 1.24 bits per heavy atom. The molecule has 0 radical (unpaired) electrons. The van der Waals surface area contributed by atoms with Crippen LogP contribution in [0, 0.1) is 5.41 Å². The molecule has 0 unspecified atom stereocenters. The van der Waals surface area contributed by atoms with E-state index in [1.54, 1.807) is 44.4 Å². The summed E-state index contributed by atoms with van der Waals surface area (Å²) >= 11 is 6.38. The van der Waals surface area contributed by atoms with Crippen LogP contribution in [-0.4, -0.2) is 28.0 Å². The summed E-state index contributed by atoms with van der Waals surface area (Å²) in [4.78, 5) is 35.3. The van der Waals surface area contributed by atoms with E-state index in [1.807, 2.05) is 6.07 Å². The minimum absolute atomic E-state index is 0.319. The zero-order valence-corrected chi connectivity index (χ0v) is 17.1. The van der Waals surface area contributed by atoms with Crippen LogP contribution in [0.4, 0.5) is 0 Å². The molecule has 150 valence electrons. The quantitative estimate of drug-likeness (QED) is 0.645. The molecule has 0 saturated carbocycles. The molecule has 3 aromatic rings. The summed E-state index contributed by atoms with van der Waals surface area (Å²) in [5.41, 5.74) is 6.92. The molecule has 0 aliphatic heterocycles. The molecule has 0 aliphatic rings. The summed E-state index contributed by atoms with van der Waals surface area (Å²) in [5, 5.41) is 0.426. The number of H-pyrrole nitrogens is 1. The van der Waals surface area contributed by atoms with Gasteiger partial charge in [0.2, 0.25) is 5.91 Å². The van der Waals surface area contributed by atoms with Crippen LogP contribution in [0.1, 0.15) is 19.4 Å². The third-order valence-corrected chi connectivity index (χ3v) is 4.91. The van der Waals surface area contributed by atoms with Crippen LogP contribution in [-0.2, 0) is 11.2 Å². The molecule has 0 aliphatic carbocycles. The molecule has 2 heterocycles. The van der Waals surface area contributed by atoms with Crippen LogP contribution in [0.2, 0.25) is 5.02 Å². The summed E-state index contributed by atoms with van der Waals surface area (Å²) in [6.45, 7) is 3.56. The van der Waals surface area contributed by atoms with Crippen LogP contribution >= 0.6 is 11.6 Å². The van der Waals surface area contributed by atoms with E-state index in [4.69, 9.17) is 22.1 Å². The molecule has 2 aromatic heterocycles. The molecule has 0 fully saturated rings. The number of amides is 1. The number of aromatic amines is 1. The van der Waals surface area contributed by atoms with Gasteiger partial charge in [-0.25, -0.2) is 4.98 Å². The largest absolute Gasteiger partial charge is 0.495 e. The number of rotatable bonds is 6. The van der Waals surface area contributed by atoms with Crippen LogP contribution < -0.4 is 16.0 Å². The maximum Gasteiger partial charge on any atom is 0.251 e. The molecule has 8 heteroatoms. The average Bonchev–Trinajstić information content (AvgIpc) is 2.68. The summed E-state index contributed by atoms with van der Waals surface area (Å²) in [7, 11) is 1.54. The predicted octanol–water partition coefficient (Wildman–Crippen LogP) is 3.21. The Kier molecular flexibility index (Phi) is 5.70. The lowest BCUT2D eigenvalue weighted by molar-refractivity contribution is -0.125. The van der Waals surface area contributed by atoms with Gasteiger partial charge in [-0.05, 0) is 30.2 Å². The Morgan fingerprint density at radius 3 is 2.69 bits per heavy atom. The number of nitrogens with zero attached hydrogens (tertiary/aromatic N) is 2. The van der Waals surface area contributed by atoms with Gasteiger partial charge in [-0.2, -0.15) is 0 Å². The molecule has 29 heavy (non-hydrogen) atoms. The number of primary amides is 1. The zero-order chi connectivity index (χ0) is 21.2. The highest BCUT2D eigenvalue weighted by Gasteiger charge is 2.25. The van der Waals surface area contributed by atoms with Gasteiger partial charge in [0.1, 0.15) is 11.6 Å². The van der Waals surface area contributed by atoms with E-state index in [9.17, 15) is 9.59 Å². The van der Waals surface area contributed by atoms with Crippen molar-refractivity contribution < 1.29 is 9.53 Å². The molecule has 0 spiro atoms. The molecule has 0 saturated heterocycles. The highest BCUT2D eigenvalue weighted by Crippen LogP contribution is 2.30. The van der Waals surface area contributed by atoms with Crippen molar-refractivity contribution in [1.29, 1.82) is 0 Å². The SMILES string of the molecule is COc1cncc(-c2cc(=O)[nH]c(-c3cc(CC(C)(C)C(N)=O)ccc3Cl)n2)c1. The molecule has 1 amide bonds. The maximum absolute atomic E-state index is 12.3. The van der Waals surface area contributed by atoms with Gasteiger partial charge >= 0.3 is 0 Å². The van der Waals surface area contributed by atoms with E-state index in [-0.39, 0.29) is 5.56 Å². The van der Waals surface area contributed by atoms with Gasteiger partial charge < -0.3 is 15.5 Å². The van der Waals surface area contributed by atoms with Crippen molar-refractivity contribution in [3.05, 3.63) is 63.7 Å². The molecule has 3 N–H and O–H groups in total. The first-order valence-corrected chi connectivity index (χ1v) is 9.27. The van der Waals surface area contributed by atoms with Gasteiger partial charge in [0.05, 0.1) is 24.0 Å². The lowest BCUT2D eigenvalue weighted by Gasteiger charge is -2.20. The fourth-order valence-corrected chi connectivity index (χ4v) is 3.07. The van der Waals surface area contributed by atoms with Gasteiger partial charge in [0.25, 0.3) is 5.56 Å². The smallest absolute Gasteiger partial charge is 0.251 e. The van der Waals surface area contributed by atoms with Crippen molar-refractivity contribution in [3.8, 4) is 28.4 Å². The van der Waals surface area contributed by atoms with Crippen LogP contribution in [0.15, 0.2) is 47.5 Å². The molecule has 3 rings (SSSR count). The second-order valence-corrected chi connectivity index (χ2v) is 7.74. The lowest BCUT2D eigenvalue weighted by Crippen LogP contribution is -2.33. The Bertz CT molecular complexity index is 1120. The van der Waals surface area contributed by atoms with E-state index in [0.717, 1.165) is 5.56 Å². The summed E-state index contributed by atoms with van der Waals surface area (Å²) < 4.78 is 5.19. The van der Waals surface area contributed by atoms with E-state index in [2.05, 4.69) is 15.0 Å². The third-order valence-electron chi connectivity index (χ3n) is 4.59. The van der Waals surface area contributed by atoms with Crippen molar-refractivity contribution in [2.75, 3.05) is 7.11 Å². The number of nitrogens with one attached hydrogen (secondary N) is 1. The Hall–Kier alpha value is -3.19. The van der Waals surface area contributed by atoms with Gasteiger partial charge in [0, 0.05) is 28.8 Å². The number of carbonyl (C=O) groups excluding carboxylic acids is 1. The first-order valence-electron chi connectivity index (χ1n) is 8.89. The number of halogens is 1. The first-order chi connectivity index (χ1) is 13.7. The number of hydrogen-bond donors (Lipinski definition) is 2. The third kappa shape index (κ3) is 4.63. The Morgan fingerprint density at radius 2 is 2.00 bits per heavy atom. The highest BCUT2D eigenvalue weighted by atomic mass is 35.5. The minimum Gasteiger partial charge on any atom is -0.495 e. The van der Waals surface area contributed by atoms with Crippen molar-refractivity contribution in [2.24, 2.45) is 11.1 Å². The zero-order valence-electron chi connectivity index (χ0n) is 16.3. The number of aromatic nitrogens is 3. The second kappa shape index (κ2) is 8.05. The molecule has 0 atom stereocenters. The van der Waals surface area contributed by atoms with Crippen LogP contribution in [0.5, 0.6) is 5.75 Å². The summed E-state index contributed by atoms with van der Waals surface area (Å²) in [6.07, 6.45) is 3.59. The lowest BCUT2D eigenvalue weighted by atomic mass is 9.85. The van der Waals surface area contributed by atoms with Gasteiger partial charge in [-0.1, -0.05) is 31.5 Å². The van der Waals surface area contributed by atoms with Crippen molar-refractivity contribution >= 4 is 17.5 Å². The number of methoxy groups -OCH3 is 1. The van der Waals surface area contributed by atoms with Gasteiger partial charge in [-0.15, -0.1) is 0 Å².